The summed E-state index contributed by atoms with van der Waals surface area (Å²) in [6, 6.07) is 0.289. The zero-order valence-electron chi connectivity index (χ0n) is 12.6. The normalized spacial score (nSPS) is 17.9. The monoisotopic (exact) mass is 271 g/mol. The van der Waals surface area contributed by atoms with Crippen LogP contribution >= 0.6 is 0 Å². The standard InChI is InChI=1S/C14H29N3O2/c1-12(14(18)16-13-6-4-5-7-13)15-8-9-17(2)10-11-19-3/h12-13,15H,4-11H2,1-3H3,(H,16,18). The summed E-state index contributed by atoms with van der Waals surface area (Å²) >= 11 is 0. The third-order valence-corrected chi connectivity index (χ3v) is 3.72. The summed E-state index contributed by atoms with van der Waals surface area (Å²) in [6.45, 7) is 5.33. The van der Waals surface area contributed by atoms with E-state index >= 15 is 0 Å². The van der Waals surface area contributed by atoms with Gasteiger partial charge in [-0.15, -0.1) is 0 Å². The zero-order chi connectivity index (χ0) is 14.1. The van der Waals surface area contributed by atoms with E-state index in [0.29, 0.717) is 6.04 Å². The van der Waals surface area contributed by atoms with Crippen LogP contribution in [-0.4, -0.2) is 63.3 Å². The molecule has 0 bridgehead atoms. The average molecular weight is 271 g/mol. The van der Waals surface area contributed by atoms with Gasteiger partial charge in [-0.25, -0.2) is 0 Å². The lowest BCUT2D eigenvalue weighted by molar-refractivity contribution is -0.123. The van der Waals surface area contributed by atoms with Gasteiger partial charge in [-0.2, -0.15) is 0 Å². The lowest BCUT2D eigenvalue weighted by Gasteiger charge is -2.20. The van der Waals surface area contributed by atoms with Gasteiger partial charge in [0.2, 0.25) is 5.91 Å². The van der Waals surface area contributed by atoms with Gasteiger partial charge in [-0.05, 0) is 26.8 Å². The van der Waals surface area contributed by atoms with Crippen LogP contribution in [0.2, 0.25) is 0 Å². The van der Waals surface area contributed by atoms with Crippen molar-refractivity contribution in [3.05, 3.63) is 0 Å². The van der Waals surface area contributed by atoms with E-state index in [1.54, 1.807) is 7.11 Å². The number of carbonyl (C=O) groups is 1. The molecule has 1 fully saturated rings. The molecule has 0 heterocycles. The number of methoxy groups -OCH3 is 1. The minimum Gasteiger partial charge on any atom is -0.383 e. The Hall–Kier alpha value is -0.650. The van der Waals surface area contributed by atoms with Crippen LogP contribution in [0.1, 0.15) is 32.6 Å². The van der Waals surface area contributed by atoms with Gasteiger partial charge in [-0.1, -0.05) is 12.8 Å². The number of amides is 1. The molecule has 2 N–H and O–H groups in total. The third-order valence-electron chi connectivity index (χ3n) is 3.72. The molecule has 0 radical (unpaired) electrons. The van der Waals surface area contributed by atoms with E-state index in [9.17, 15) is 4.79 Å². The fraction of sp³-hybridized carbons (Fsp3) is 0.929. The van der Waals surface area contributed by atoms with Crippen molar-refractivity contribution in [2.45, 2.75) is 44.7 Å². The fourth-order valence-electron chi connectivity index (χ4n) is 2.32. The number of nitrogens with zero attached hydrogens (tertiary/aromatic N) is 1. The highest BCUT2D eigenvalue weighted by Crippen LogP contribution is 2.17. The molecule has 0 aliphatic heterocycles. The van der Waals surface area contributed by atoms with E-state index in [1.165, 1.54) is 12.8 Å². The smallest absolute Gasteiger partial charge is 0.237 e. The highest BCUT2D eigenvalue weighted by atomic mass is 16.5. The van der Waals surface area contributed by atoms with E-state index in [0.717, 1.165) is 39.1 Å². The van der Waals surface area contributed by atoms with E-state index in [1.807, 2.05) is 6.92 Å². The third kappa shape index (κ3) is 6.89. The van der Waals surface area contributed by atoms with Gasteiger partial charge >= 0.3 is 0 Å². The molecule has 19 heavy (non-hydrogen) atoms. The van der Waals surface area contributed by atoms with Gasteiger partial charge < -0.3 is 20.3 Å². The van der Waals surface area contributed by atoms with Crippen molar-refractivity contribution in [2.24, 2.45) is 0 Å². The molecule has 1 rings (SSSR count). The number of likely N-dealkylation sites (N-methyl/N-ethyl adjacent to an activating group) is 1. The summed E-state index contributed by atoms with van der Waals surface area (Å²) in [4.78, 5) is 14.1. The second kappa shape index (κ2) is 9.28. The predicted octanol–water partition coefficient (Wildman–Crippen LogP) is 0.602. The van der Waals surface area contributed by atoms with Gasteiger partial charge in [-0.3, -0.25) is 4.79 Å². The molecule has 0 saturated heterocycles. The highest BCUT2D eigenvalue weighted by Gasteiger charge is 2.20. The molecule has 5 heteroatoms. The first-order chi connectivity index (χ1) is 9.13. The molecule has 1 atom stereocenters. The molecular formula is C14H29N3O2. The molecule has 5 nitrogen and oxygen atoms in total. The predicted molar refractivity (Wildman–Crippen MR) is 77.2 cm³/mol. The molecule has 1 aliphatic carbocycles. The van der Waals surface area contributed by atoms with Gasteiger partial charge in [0.15, 0.2) is 0 Å². The number of nitrogens with one attached hydrogen (secondary N) is 2. The molecule has 1 unspecified atom stereocenters. The van der Waals surface area contributed by atoms with Crippen molar-refractivity contribution < 1.29 is 9.53 Å². The Morgan fingerprint density at radius 2 is 2.05 bits per heavy atom. The maximum absolute atomic E-state index is 11.9. The summed E-state index contributed by atoms with van der Waals surface area (Å²) < 4.78 is 5.03. The first kappa shape index (κ1) is 16.4. The Balaban J connectivity index is 2.08. The Bertz CT molecular complexity index is 255. The Labute approximate surface area is 117 Å². The van der Waals surface area contributed by atoms with E-state index < -0.39 is 0 Å². The quantitative estimate of drug-likeness (QED) is 0.645. The van der Waals surface area contributed by atoms with Crippen molar-refractivity contribution in [2.75, 3.05) is 40.4 Å². The van der Waals surface area contributed by atoms with Crippen LogP contribution in [0.5, 0.6) is 0 Å². The highest BCUT2D eigenvalue weighted by molar-refractivity contribution is 5.81. The molecule has 0 aromatic carbocycles. The molecule has 0 spiro atoms. The Morgan fingerprint density at radius 1 is 1.37 bits per heavy atom. The maximum atomic E-state index is 11.9. The van der Waals surface area contributed by atoms with Crippen LogP contribution in [0.25, 0.3) is 0 Å². The molecule has 1 amide bonds. The van der Waals surface area contributed by atoms with Crippen LogP contribution in [0.4, 0.5) is 0 Å². The number of hydrogen-bond donors (Lipinski definition) is 2. The van der Waals surface area contributed by atoms with Crippen LogP contribution in [-0.2, 0) is 9.53 Å². The Kier molecular flexibility index (Phi) is 8.02. The number of hydrogen-bond acceptors (Lipinski definition) is 4. The van der Waals surface area contributed by atoms with Crippen LogP contribution in [0.15, 0.2) is 0 Å². The van der Waals surface area contributed by atoms with Gasteiger partial charge in [0.1, 0.15) is 0 Å². The topological polar surface area (TPSA) is 53.6 Å². The number of ether oxygens (including phenoxy) is 1. The van der Waals surface area contributed by atoms with Gasteiger partial charge in [0.05, 0.1) is 12.6 Å². The second-order valence-corrected chi connectivity index (χ2v) is 5.46. The molecule has 0 aromatic heterocycles. The van der Waals surface area contributed by atoms with Crippen molar-refractivity contribution >= 4 is 5.91 Å². The second-order valence-electron chi connectivity index (χ2n) is 5.46. The van der Waals surface area contributed by atoms with E-state index in [4.69, 9.17) is 4.74 Å². The van der Waals surface area contributed by atoms with E-state index in [2.05, 4.69) is 22.6 Å². The van der Waals surface area contributed by atoms with Crippen molar-refractivity contribution in [1.29, 1.82) is 0 Å². The first-order valence-corrected chi connectivity index (χ1v) is 7.34. The van der Waals surface area contributed by atoms with Gasteiger partial charge in [0.25, 0.3) is 0 Å². The fourth-order valence-corrected chi connectivity index (χ4v) is 2.32. The molecule has 1 saturated carbocycles. The molecular weight excluding hydrogens is 242 g/mol. The first-order valence-electron chi connectivity index (χ1n) is 7.34. The lowest BCUT2D eigenvalue weighted by atomic mass is 10.2. The minimum absolute atomic E-state index is 0.114. The van der Waals surface area contributed by atoms with Crippen LogP contribution in [0, 0.1) is 0 Å². The Morgan fingerprint density at radius 3 is 2.68 bits per heavy atom. The number of rotatable bonds is 9. The van der Waals surface area contributed by atoms with Crippen LogP contribution in [0.3, 0.4) is 0 Å². The zero-order valence-corrected chi connectivity index (χ0v) is 12.6. The SMILES string of the molecule is COCCN(C)CCNC(C)C(=O)NC1CCCC1. The maximum Gasteiger partial charge on any atom is 0.237 e. The summed E-state index contributed by atoms with van der Waals surface area (Å²) in [5.41, 5.74) is 0. The van der Waals surface area contributed by atoms with E-state index in [-0.39, 0.29) is 11.9 Å². The lowest BCUT2D eigenvalue weighted by Crippen LogP contribution is -2.47. The summed E-state index contributed by atoms with van der Waals surface area (Å²) in [5.74, 6) is 0.131. The minimum atomic E-state index is -0.114. The van der Waals surface area contributed by atoms with Crippen molar-refractivity contribution in [3.8, 4) is 0 Å². The van der Waals surface area contributed by atoms with Gasteiger partial charge in [0, 0.05) is 32.8 Å². The molecule has 0 aromatic rings. The molecule has 112 valence electrons. The summed E-state index contributed by atoms with van der Waals surface area (Å²) in [5, 5.41) is 6.39. The van der Waals surface area contributed by atoms with Crippen molar-refractivity contribution in [3.63, 3.8) is 0 Å². The largest absolute Gasteiger partial charge is 0.383 e. The molecule has 1 aliphatic rings. The summed E-state index contributed by atoms with van der Waals surface area (Å²) in [7, 11) is 3.77. The number of carbonyl (C=O) groups excluding carboxylic acids is 1. The average Bonchev–Trinajstić information content (AvgIpc) is 2.88. The van der Waals surface area contributed by atoms with Crippen LogP contribution < -0.4 is 10.6 Å². The summed E-state index contributed by atoms with van der Waals surface area (Å²) in [6.07, 6.45) is 4.77. The van der Waals surface area contributed by atoms with Crippen molar-refractivity contribution in [1.82, 2.24) is 15.5 Å².